The maximum Gasteiger partial charge on any atom is 0.326 e. The largest absolute Gasteiger partial charge is 0.480 e. The Labute approximate surface area is 136 Å². The summed E-state index contributed by atoms with van der Waals surface area (Å²) in [5.41, 5.74) is 5.98. The molecule has 2 aliphatic rings. The first-order valence-electron chi connectivity index (χ1n) is 8.42. The summed E-state index contributed by atoms with van der Waals surface area (Å²) in [4.78, 5) is 39.6. The maximum absolute atomic E-state index is 12.8. The molecule has 3 N–H and O–H groups in total. The minimum absolute atomic E-state index is 0.194. The SMILES string of the molecule is CC(C)CC(N)C(=O)N1CCCC1C(=O)N1CCCC1C(=O)O. The van der Waals surface area contributed by atoms with Crippen LogP contribution in [0.5, 0.6) is 0 Å². The molecular formula is C16H27N3O4. The normalized spacial score (nSPS) is 25.9. The number of hydrogen-bond acceptors (Lipinski definition) is 4. The zero-order valence-electron chi connectivity index (χ0n) is 13.9. The first-order valence-corrected chi connectivity index (χ1v) is 8.42. The summed E-state index contributed by atoms with van der Waals surface area (Å²) in [7, 11) is 0. The molecule has 23 heavy (non-hydrogen) atoms. The zero-order chi connectivity index (χ0) is 17.1. The number of carbonyl (C=O) groups is 3. The number of carboxylic acids is 1. The lowest BCUT2D eigenvalue weighted by atomic mass is 10.0. The topological polar surface area (TPSA) is 104 Å². The molecule has 2 heterocycles. The Bertz CT molecular complexity index is 480. The van der Waals surface area contributed by atoms with Gasteiger partial charge in [0.1, 0.15) is 12.1 Å². The van der Waals surface area contributed by atoms with E-state index in [4.69, 9.17) is 5.73 Å². The standard InChI is InChI=1S/C16H27N3O4/c1-10(2)9-11(17)14(20)18-7-3-5-12(18)15(21)19-8-4-6-13(19)16(22)23/h10-13H,3-9,17H2,1-2H3,(H,22,23). The fraction of sp³-hybridized carbons (Fsp3) is 0.812. The molecule has 2 amide bonds. The number of rotatable bonds is 5. The molecule has 7 nitrogen and oxygen atoms in total. The molecule has 0 aromatic heterocycles. The van der Waals surface area contributed by atoms with Crippen molar-refractivity contribution in [3.05, 3.63) is 0 Å². The Morgan fingerprint density at radius 2 is 1.65 bits per heavy atom. The van der Waals surface area contributed by atoms with Crippen LogP contribution in [0.3, 0.4) is 0 Å². The lowest BCUT2D eigenvalue weighted by Crippen LogP contribution is -2.54. The monoisotopic (exact) mass is 325 g/mol. The fourth-order valence-corrected chi connectivity index (χ4v) is 3.59. The highest BCUT2D eigenvalue weighted by atomic mass is 16.4. The van der Waals surface area contributed by atoms with E-state index in [1.54, 1.807) is 4.90 Å². The third kappa shape index (κ3) is 3.83. The highest BCUT2D eigenvalue weighted by molar-refractivity contribution is 5.92. The van der Waals surface area contributed by atoms with Crippen molar-refractivity contribution in [3.8, 4) is 0 Å². The van der Waals surface area contributed by atoms with Crippen LogP contribution in [0.2, 0.25) is 0 Å². The third-order valence-corrected chi connectivity index (χ3v) is 4.68. The molecule has 0 aromatic rings. The Morgan fingerprint density at radius 1 is 1.09 bits per heavy atom. The first kappa shape index (κ1) is 17.7. The molecule has 130 valence electrons. The van der Waals surface area contributed by atoms with Crippen molar-refractivity contribution in [2.24, 2.45) is 11.7 Å². The second-order valence-corrected chi connectivity index (χ2v) is 6.95. The van der Waals surface area contributed by atoms with Gasteiger partial charge in [0.25, 0.3) is 0 Å². The summed E-state index contributed by atoms with van der Waals surface area (Å²) in [6.45, 7) is 4.97. The minimum atomic E-state index is -0.969. The van der Waals surface area contributed by atoms with Gasteiger partial charge in [-0.25, -0.2) is 4.79 Å². The number of carboxylic acid groups (broad SMARTS) is 1. The van der Waals surface area contributed by atoms with Crippen LogP contribution in [-0.2, 0) is 14.4 Å². The molecule has 0 spiro atoms. The third-order valence-electron chi connectivity index (χ3n) is 4.68. The van der Waals surface area contributed by atoms with Gasteiger partial charge in [-0.2, -0.15) is 0 Å². The van der Waals surface area contributed by atoms with E-state index in [0.717, 1.165) is 6.42 Å². The summed E-state index contributed by atoms with van der Waals surface area (Å²) < 4.78 is 0. The van der Waals surface area contributed by atoms with E-state index in [1.807, 2.05) is 13.8 Å². The van der Waals surface area contributed by atoms with Crippen molar-refractivity contribution in [2.45, 2.75) is 64.1 Å². The van der Waals surface area contributed by atoms with Gasteiger partial charge in [-0.05, 0) is 38.0 Å². The van der Waals surface area contributed by atoms with Crippen LogP contribution in [0.25, 0.3) is 0 Å². The Hall–Kier alpha value is -1.63. The summed E-state index contributed by atoms with van der Waals surface area (Å²) in [6.07, 6.45) is 3.09. The molecule has 0 radical (unpaired) electrons. The molecule has 0 bridgehead atoms. The molecule has 7 heteroatoms. The summed E-state index contributed by atoms with van der Waals surface area (Å²) >= 11 is 0. The molecule has 2 fully saturated rings. The molecular weight excluding hydrogens is 298 g/mol. The molecule has 0 aromatic carbocycles. The number of aliphatic carboxylic acids is 1. The number of likely N-dealkylation sites (tertiary alicyclic amines) is 2. The Morgan fingerprint density at radius 3 is 2.22 bits per heavy atom. The van der Waals surface area contributed by atoms with Crippen LogP contribution in [0.15, 0.2) is 0 Å². The van der Waals surface area contributed by atoms with Crippen molar-refractivity contribution in [3.63, 3.8) is 0 Å². The van der Waals surface area contributed by atoms with Gasteiger partial charge in [0.05, 0.1) is 6.04 Å². The molecule has 0 saturated carbocycles. The van der Waals surface area contributed by atoms with E-state index >= 15 is 0 Å². The van der Waals surface area contributed by atoms with E-state index in [1.165, 1.54) is 4.90 Å². The fourth-order valence-electron chi connectivity index (χ4n) is 3.59. The van der Waals surface area contributed by atoms with Crippen LogP contribution < -0.4 is 5.73 Å². The number of hydrogen-bond donors (Lipinski definition) is 2. The molecule has 2 rings (SSSR count). The zero-order valence-corrected chi connectivity index (χ0v) is 13.9. The highest BCUT2D eigenvalue weighted by Crippen LogP contribution is 2.25. The van der Waals surface area contributed by atoms with Crippen molar-refractivity contribution in [1.29, 1.82) is 0 Å². The highest BCUT2D eigenvalue weighted by Gasteiger charge is 2.42. The lowest BCUT2D eigenvalue weighted by molar-refractivity contribution is -0.152. The Kier molecular flexibility index (Phi) is 5.62. The number of nitrogens with zero attached hydrogens (tertiary/aromatic N) is 2. The van der Waals surface area contributed by atoms with Gasteiger partial charge in [-0.1, -0.05) is 13.8 Å². The van der Waals surface area contributed by atoms with Gasteiger partial charge in [0.2, 0.25) is 11.8 Å². The van der Waals surface area contributed by atoms with E-state index in [0.29, 0.717) is 44.7 Å². The predicted octanol–water partition coefficient (Wildman–Crippen LogP) is 0.426. The van der Waals surface area contributed by atoms with Gasteiger partial charge < -0.3 is 20.6 Å². The Balaban J connectivity index is 2.07. The van der Waals surface area contributed by atoms with Crippen molar-refractivity contribution in [1.82, 2.24) is 9.80 Å². The summed E-state index contributed by atoms with van der Waals surface area (Å²) in [5, 5.41) is 9.24. The van der Waals surface area contributed by atoms with E-state index in [-0.39, 0.29) is 11.8 Å². The summed E-state index contributed by atoms with van der Waals surface area (Å²) in [5.74, 6) is -1.10. The second-order valence-electron chi connectivity index (χ2n) is 6.95. The average Bonchev–Trinajstić information content (AvgIpc) is 3.13. The predicted molar refractivity (Wildman–Crippen MR) is 84.5 cm³/mol. The molecule has 2 saturated heterocycles. The average molecular weight is 325 g/mol. The minimum Gasteiger partial charge on any atom is -0.480 e. The van der Waals surface area contributed by atoms with Crippen molar-refractivity contribution in [2.75, 3.05) is 13.1 Å². The second kappa shape index (κ2) is 7.29. The number of nitrogens with two attached hydrogens (primary N) is 1. The first-order chi connectivity index (χ1) is 10.8. The van der Waals surface area contributed by atoms with Gasteiger partial charge in [-0.15, -0.1) is 0 Å². The van der Waals surface area contributed by atoms with Gasteiger partial charge >= 0.3 is 5.97 Å². The maximum atomic E-state index is 12.8. The number of carbonyl (C=O) groups excluding carboxylic acids is 2. The van der Waals surface area contributed by atoms with Gasteiger partial charge in [-0.3, -0.25) is 9.59 Å². The van der Waals surface area contributed by atoms with E-state index in [9.17, 15) is 19.5 Å². The molecule has 3 unspecified atom stereocenters. The lowest BCUT2D eigenvalue weighted by Gasteiger charge is -2.31. The van der Waals surface area contributed by atoms with Crippen LogP contribution in [-0.4, -0.2) is 63.9 Å². The molecule has 0 aliphatic carbocycles. The van der Waals surface area contributed by atoms with Crippen LogP contribution in [0.4, 0.5) is 0 Å². The molecule has 3 atom stereocenters. The van der Waals surface area contributed by atoms with Crippen molar-refractivity contribution >= 4 is 17.8 Å². The van der Waals surface area contributed by atoms with E-state index in [2.05, 4.69) is 0 Å². The van der Waals surface area contributed by atoms with Gasteiger partial charge in [0, 0.05) is 13.1 Å². The van der Waals surface area contributed by atoms with Crippen LogP contribution in [0.1, 0.15) is 46.0 Å². The van der Waals surface area contributed by atoms with E-state index < -0.39 is 24.1 Å². The summed E-state index contributed by atoms with van der Waals surface area (Å²) in [6, 6.07) is -1.91. The molecule has 2 aliphatic heterocycles. The number of amides is 2. The quantitative estimate of drug-likeness (QED) is 0.762. The van der Waals surface area contributed by atoms with Gasteiger partial charge in [0.15, 0.2) is 0 Å². The smallest absolute Gasteiger partial charge is 0.326 e. The van der Waals surface area contributed by atoms with Crippen molar-refractivity contribution < 1.29 is 19.5 Å². The van der Waals surface area contributed by atoms with Crippen LogP contribution >= 0.6 is 0 Å². The van der Waals surface area contributed by atoms with Crippen LogP contribution in [0, 0.1) is 5.92 Å².